The summed E-state index contributed by atoms with van der Waals surface area (Å²) >= 11 is 5.95. The van der Waals surface area contributed by atoms with E-state index < -0.39 is 5.97 Å². The molecule has 3 unspecified atom stereocenters. The lowest BCUT2D eigenvalue weighted by molar-refractivity contribution is 0.0698. The number of carbonyl (C=O) groups is 1. The molecule has 3 atom stereocenters. The highest BCUT2D eigenvalue weighted by Gasteiger charge is 2.39. The maximum atomic E-state index is 11.2. The Morgan fingerprint density at radius 3 is 2.78 bits per heavy atom. The van der Waals surface area contributed by atoms with Crippen molar-refractivity contribution in [2.75, 3.05) is 5.32 Å². The van der Waals surface area contributed by atoms with Crippen molar-refractivity contribution in [3.8, 4) is 0 Å². The summed E-state index contributed by atoms with van der Waals surface area (Å²) in [6.45, 7) is 0. The Morgan fingerprint density at radius 2 is 2.17 bits per heavy atom. The minimum atomic E-state index is -0.905. The van der Waals surface area contributed by atoms with Gasteiger partial charge in [-0.3, -0.25) is 0 Å². The van der Waals surface area contributed by atoms with E-state index in [9.17, 15) is 9.90 Å². The summed E-state index contributed by atoms with van der Waals surface area (Å²) in [6, 6.07) is 5.33. The summed E-state index contributed by atoms with van der Waals surface area (Å²) in [5, 5.41) is 13.2. The van der Waals surface area contributed by atoms with E-state index in [0.29, 0.717) is 28.2 Å². The fourth-order valence-corrected chi connectivity index (χ4v) is 3.62. The molecule has 18 heavy (non-hydrogen) atoms. The molecule has 2 N–H and O–H groups in total. The van der Waals surface area contributed by atoms with Crippen molar-refractivity contribution >= 4 is 23.3 Å². The lowest BCUT2D eigenvalue weighted by Gasteiger charge is -2.24. The fraction of sp³-hybridized carbons (Fsp3) is 0.500. The quantitative estimate of drug-likeness (QED) is 0.877. The number of carboxylic acid groups (broad SMARTS) is 1. The Bertz CT molecular complexity index is 489. The summed E-state index contributed by atoms with van der Waals surface area (Å²) < 4.78 is 0. The first-order chi connectivity index (χ1) is 8.63. The molecule has 0 radical (unpaired) electrons. The van der Waals surface area contributed by atoms with Crippen LogP contribution < -0.4 is 5.32 Å². The van der Waals surface area contributed by atoms with Crippen LogP contribution in [0.15, 0.2) is 18.2 Å². The average molecular weight is 266 g/mol. The highest BCUT2D eigenvalue weighted by Crippen LogP contribution is 2.45. The van der Waals surface area contributed by atoms with Crippen LogP contribution in [0.4, 0.5) is 5.69 Å². The minimum Gasteiger partial charge on any atom is -0.478 e. The monoisotopic (exact) mass is 265 g/mol. The number of aromatic carboxylic acids is 1. The maximum Gasteiger partial charge on any atom is 0.337 e. The fourth-order valence-electron chi connectivity index (χ4n) is 3.44. The van der Waals surface area contributed by atoms with Gasteiger partial charge >= 0.3 is 5.97 Å². The van der Waals surface area contributed by atoms with E-state index in [1.54, 1.807) is 18.2 Å². The average Bonchev–Trinajstić information content (AvgIpc) is 2.90. The van der Waals surface area contributed by atoms with Crippen molar-refractivity contribution in [3.05, 3.63) is 28.8 Å². The Kier molecular flexibility index (Phi) is 2.94. The van der Waals surface area contributed by atoms with Gasteiger partial charge < -0.3 is 10.4 Å². The van der Waals surface area contributed by atoms with Gasteiger partial charge in [-0.15, -0.1) is 0 Å². The van der Waals surface area contributed by atoms with Crippen LogP contribution in [0.3, 0.4) is 0 Å². The Morgan fingerprint density at radius 1 is 1.33 bits per heavy atom. The Labute approximate surface area is 111 Å². The second-order valence-corrected chi connectivity index (χ2v) is 5.86. The van der Waals surface area contributed by atoms with Crippen molar-refractivity contribution in [1.29, 1.82) is 0 Å². The van der Waals surface area contributed by atoms with Crippen molar-refractivity contribution in [1.82, 2.24) is 0 Å². The van der Waals surface area contributed by atoms with Gasteiger partial charge in [0.25, 0.3) is 0 Å². The smallest absolute Gasteiger partial charge is 0.337 e. The molecule has 0 spiro atoms. The van der Waals surface area contributed by atoms with Gasteiger partial charge in [-0.25, -0.2) is 4.79 Å². The zero-order chi connectivity index (χ0) is 12.7. The highest BCUT2D eigenvalue weighted by molar-refractivity contribution is 6.31. The third-order valence-electron chi connectivity index (χ3n) is 4.29. The first-order valence-electron chi connectivity index (χ1n) is 6.43. The largest absolute Gasteiger partial charge is 0.478 e. The van der Waals surface area contributed by atoms with Gasteiger partial charge in [0, 0.05) is 11.1 Å². The molecule has 1 aromatic rings. The third kappa shape index (κ3) is 2.07. The van der Waals surface area contributed by atoms with Gasteiger partial charge in [0.05, 0.1) is 11.3 Å². The first kappa shape index (κ1) is 11.8. The van der Waals surface area contributed by atoms with Gasteiger partial charge in [-0.05, 0) is 49.3 Å². The van der Waals surface area contributed by atoms with Crippen LogP contribution in [0.5, 0.6) is 0 Å². The minimum absolute atomic E-state index is 0.308. The van der Waals surface area contributed by atoms with Crippen molar-refractivity contribution in [2.45, 2.75) is 31.7 Å². The van der Waals surface area contributed by atoms with Crippen LogP contribution in [-0.4, -0.2) is 17.1 Å². The maximum absolute atomic E-state index is 11.2. The van der Waals surface area contributed by atoms with E-state index >= 15 is 0 Å². The molecule has 0 saturated heterocycles. The zero-order valence-electron chi connectivity index (χ0n) is 10.0. The molecule has 0 aliphatic heterocycles. The zero-order valence-corrected chi connectivity index (χ0v) is 10.8. The molecule has 2 aliphatic rings. The van der Waals surface area contributed by atoms with Crippen molar-refractivity contribution in [3.63, 3.8) is 0 Å². The van der Waals surface area contributed by atoms with Gasteiger partial charge in [0.2, 0.25) is 0 Å². The van der Waals surface area contributed by atoms with Crippen molar-refractivity contribution < 1.29 is 9.90 Å². The van der Waals surface area contributed by atoms with Crippen LogP contribution in [0.2, 0.25) is 5.02 Å². The number of fused-ring (bicyclic) bond motifs is 2. The van der Waals surface area contributed by atoms with E-state index in [1.165, 1.54) is 19.3 Å². The SMILES string of the molecule is O=C(O)c1ccc(Cl)cc1NC1CC2CCC1C2. The highest BCUT2D eigenvalue weighted by atomic mass is 35.5. The summed E-state index contributed by atoms with van der Waals surface area (Å²) in [5.41, 5.74) is 0.967. The van der Waals surface area contributed by atoms with E-state index in [0.717, 1.165) is 12.3 Å². The number of carboxylic acids is 1. The first-order valence-corrected chi connectivity index (χ1v) is 6.80. The van der Waals surface area contributed by atoms with Crippen LogP contribution in [-0.2, 0) is 0 Å². The van der Waals surface area contributed by atoms with Crippen molar-refractivity contribution in [2.24, 2.45) is 11.8 Å². The molecule has 2 saturated carbocycles. The Hall–Kier alpha value is -1.22. The lowest BCUT2D eigenvalue weighted by Crippen LogP contribution is -2.26. The molecule has 4 heteroatoms. The Balaban J connectivity index is 1.83. The number of hydrogen-bond acceptors (Lipinski definition) is 2. The standard InChI is InChI=1S/C14H16ClNO2/c15-10-3-4-11(14(17)18)13(7-10)16-12-6-8-1-2-9(12)5-8/h3-4,7-9,12,16H,1-2,5-6H2,(H,17,18). The number of halogens is 1. The van der Waals surface area contributed by atoms with Gasteiger partial charge in [0.15, 0.2) is 0 Å². The van der Waals surface area contributed by atoms with Gasteiger partial charge in [0.1, 0.15) is 0 Å². The van der Waals surface area contributed by atoms with E-state index in [-0.39, 0.29) is 0 Å². The molecule has 3 nitrogen and oxygen atoms in total. The molecule has 2 bridgehead atoms. The molecule has 96 valence electrons. The predicted molar refractivity (Wildman–Crippen MR) is 71.3 cm³/mol. The lowest BCUT2D eigenvalue weighted by atomic mass is 9.95. The molecular formula is C14H16ClNO2. The summed E-state index contributed by atoms with van der Waals surface area (Å²) in [5.74, 6) is 0.632. The summed E-state index contributed by atoms with van der Waals surface area (Å²) in [4.78, 5) is 11.2. The molecule has 1 aromatic carbocycles. The molecule has 0 amide bonds. The molecule has 0 aromatic heterocycles. The molecule has 2 aliphatic carbocycles. The number of hydrogen-bond donors (Lipinski definition) is 2. The van der Waals surface area contributed by atoms with Crippen LogP contribution in [0.25, 0.3) is 0 Å². The molecule has 3 rings (SSSR count). The molecular weight excluding hydrogens is 250 g/mol. The van der Waals surface area contributed by atoms with Gasteiger partial charge in [-0.2, -0.15) is 0 Å². The molecule has 0 heterocycles. The third-order valence-corrected chi connectivity index (χ3v) is 4.53. The van der Waals surface area contributed by atoms with E-state index in [4.69, 9.17) is 11.6 Å². The van der Waals surface area contributed by atoms with E-state index in [2.05, 4.69) is 5.32 Å². The van der Waals surface area contributed by atoms with Crippen LogP contribution in [0, 0.1) is 11.8 Å². The van der Waals surface area contributed by atoms with E-state index in [1.807, 2.05) is 0 Å². The molecule has 2 fully saturated rings. The number of nitrogens with one attached hydrogen (secondary N) is 1. The summed E-state index contributed by atoms with van der Waals surface area (Å²) in [7, 11) is 0. The number of rotatable bonds is 3. The predicted octanol–water partition coefficient (Wildman–Crippen LogP) is 3.64. The van der Waals surface area contributed by atoms with Crippen LogP contribution in [0.1, 0.15) is 36.0 Å². The van der Waals surface area contributed by atoms with Gasteiger partial charge in [-0.1, -0.05) is 18.0 Å². The second-order valence-electron chi connectivity index (χ2n) is 5.42. The topological polar surface area (TPSA) is 49.3 Å². The second kappa shape index (κ2) is 4.47. The normalized spacial score (nSPS) is 29.5. The van der Waals surface area contributed by atoms with Crippen LogP contribution >= 0.6 is 11.6 Å². The summed E-state index contributed by atoms with van der Waals surface area (Å²) in [6.07, 6.45) is 5.06. The number of anilines is 1. The number of benzene rings is 1.